The van der Waals surface area contributed by atoms with Crippen molar-refractivity contribution >= 4 is 23.6 Å². The van der Waals surface area contributed by atoms with E-state index in [4.69, 9.17) is 11.6 Å². The molecule has 0 bridgehead atoms. The van der Waals surface area contributed by atoms with Gasteiger partial charge >= 0.3 is 0 Å². The number of carbonyl (C=O) groups excluding carboxylic acids is 1. The molecule has 8 heteroatoms. The van der Waals surface area contributed by atoms with E-state index in [0.29, 0.717) is 12.0 Å². The van der Waals surface area contributed by atoms with Gasteiger partial charge in [-0.1, -0.05) is 29.8 Å². The van der Waals surface area contributed by atoms with Gasteiger partial charge in [0, 0.05) is 6.07 Å². The molecule has 0 fully saturated rings. The van der Waals surface area contributed by atoms with Gasteiger partial charge in [-0.25, -0.2) is 9.07 Å². The molecule has 6 nitrogen and oxygen atoms in total. The van der Waals surface area contributed by atoms with E-state index in [9.17, 15) is 19.3 Å². The molecule has 0 amide bonds. The van der Waals surface area contributed by atoms with Crippen LogP contribution in [0.1, 0.15) is 10.4 Å². The van der Waals surface area contributed by atoms with Crippen LogP contribution in [0.3, 0.4) is 0 Å². The number of nitro groups is 1. The Morgan fingerprint density at radius 3 is 2.62 bits per heavy atom. The zero-order valence-corrected chi connectivity index (χ0v) is 12.8. The summed E-state index contributed by atoms with van der Waals surface area (Å²) >= 11 is 6.18. The lowest BCUT2D eigenvalue weighted by Crippen LogP contribution is -1.98. The molecule has 3 aromatic rings. The summed E-state index contributed by atoms with van der Waals surface area (Å²) in [6.07, 6.45) is 0.469. The third-order valence-electron chi connectivity index (χ3n) is 3.39. The molecule has 0 saturated heterocycles. The number of halogens is 2. The predicted octanol–water partition coefficient (Wildman–Crippen LogP) is 4.05. The van der Waals surface area contributed by atoms with Crippen LogP contribution in [0.4, 0.5) is 10.1 Å². The molecule has 0 aliphatic heterocycles. The minimum Gasteiger partial charge on any atom is -0.298 e. The first-order valence-corrected chi connectivity index (χ1v) is 7.14. The van der Waals surface area contributed by atoms with Gasteiger partial charge in [0.05, 0.1) is 21.7 Å². The summed E-state index contributed by atoms with van der Waals surface area (Å²) in [5, 5.41) is 15.3. The number of nitrogens with zero attached hydrogens (tertiary/aromatic N) is 3. The number of aromatic nitrogens is 2. The maximum absolute atomic E-state index is 13.4. The van der Waals surface area contributed by atoms with Crippen molar-refractivity contribution in [3.05, 3.63) is 75.2 Å². The molecule has 0 saturated carbocycles. The molecule has 2 aromatic carbocycles. The monoisotopic (exact) mass is 345 g/mol. The molecule has 0 radical (unpaired) electrons. The van der Waals surface area contributed by atoms with Gasteiger partial charge in [-0.3, -0.25) is 14.9 Å². The molecule has 0 spiro atoms. The molecule has 3 rings (SSSR count). The largest absolute Gasteiger partial charge is 0.298 e. The van der Waals surface area contributed by atoms with Crippen LogP contribution in [-0.2, 0) is 0 Å². The Kier molecular flexibility index (Phi) is 4.09. The lowest BCUT2D eigenvalue weighted by Gasteiger charge is -2.02. The number of para-hydroxylation sites is 1. The van der Waals surface area contributed by atoms with Crippen molar-refractivity contribution in [1.29, 1.82) is 0 Å². The topological polar surface area (TPSA) is 78.0 Å². The Hall–Kier alpha value is -3.06. The number of carbonyl (C=O) groups is 1. The average Bonchev–Trinajstić information content (AvgIpc) is 2.91. The van der Waals surface area contributed by atoms with E-state index < -0.39 is 10.7 Å². The van der Waals surface area contributed by atoms with Gasteiger partial charge in [0.2, 0.25) is 0 Å². The van der Waals surface area contributed by atoms with Crippen LogP contribution in [0, 0.1) is 15.9 Å². The maximum Gasteiger partial charge on any atom is 0.278 e. The van der Waals surface area contributed by atoms with Gasteiger partial charge < -0.3 is 0 Å². The SMILES string of the molecule is O=Cc1c(-c2ccccc2[N+](=O)[O-])nn(-c2cccc(F)c2)c1Cl. The number of hydrogen-bond acceptors (Lipinski definition) is 4. The second-order valence-corrected chi connectivity index (χ2v) is 5.19. The van der Waals surface area contributed by atoms with Crippen molar-refractivity contribution in [3.63, 3.8) is 0 Å². The molecule has 0 N–H and O–H groups in total. The van der Waals surface area contributed by atoms with Crippen molar-refractivity contribution in [2.24, 2.45) is 0 Å². The lowest BCUT2D eigenvalue weighted by atomic mass is 10.1. The summed E-state index contributed by atoms with van der Waals surface area (Å²) in [6, 6.07) is 11.3. The molecule has 0 atom stereocenters. The summed E-state index contributed by atoms with van der Waals surface area (Å²) in [7, 11) is 0. The van der Waals surface area contributed by atoms with Crippen molar-refractivity contribution in [2.75, 3.05) is 0 Å². The Bertz CT molecular complexity index is 955. The fourth-order valence-corrected chi connectivity index (χ4v) is 2.59. The van der Waals surface area contributed by atoms with Gasteiger partial charge in [0.1, 0.15) is 16.7 Å². The second-order valence-electron chi connectivity index (χ2n) is 4.84. The number of aldehydes is 1. The third kappa shape index (κ3) is 2.65. The fraction of sp³-hybridized carbons (Fsp3) is 0. The quantitative estimate of drug-likeness (QED) is 0.406. The van der Waals surface area contributed by atoms with Gasteiger partial charge in [-0.05, 0) is 24.3 Å². The van der Waals surface area contributed by atoms with E-state index in [-0.39, 0.29) is 27.7 Å². The molecule has 1 aromatic heterocycles. The number of benzene rings is 2. The third-order valence-corrected chi connectivity index (χ3v) is 3.75. The highest BCUT2D eigenvalue weighted by Gasteiger charge is 2.24. The summed E-state index contributed by atoms with van der Waals surface area (Å²) in [5.41, 5.74) is 0.303. The Balaban J connectivity index is 2.26. The van der Waals surface area contributed by atoms with Crippen LogP contribution >= 0.6 is 11.6 Å². The number of nitro benzene ring substituents is 1. The van der Waals surface area contributed by atoms with E-state index >= 15 is 0 Å². The zero-order valence-electron chi connectivity index (χ0n) is 12.0. The van der Waals surface area contributed by atoms with Crippen LogP contribution in [0.5, 0.6) is 0 Å². The smallest absolute Gasteiger partial charge is 0.278 e. The van der Waals surface area contributed by atoms with Crippen LogP contribution in [0.2, 0.25) is 5.15 Å². The minimum atomic E-state index is -0.570. The highest BCUT2D eigenvalue weighted by molar-refractivity contribution is 6.32. The van der Waals surface area contributed by atoms with Gasteiger partial charge in [-0.15, -0.1) is 0 Å². The van der Waals surface area contributed by atoms with E-state index in [1.807, 2.05) is 0 Å². The van der Waals surface area contributed by atoms with E-state index in [0.717, 1.165) is 0 Å². The average molecular weight is 346 g/mol. The van der Waals surface area contributed by atoms with Crippen LogP contribution in [-0.4, -0.2) is 21.0 Å². The fourth-order valence-electron chi connectivity index (χ4n) is 2.32. The summed E-state index contributed by atoms with van der Waals surface area (Å²) in [6.45, 7) is 0. The highest BCUT2D eigenvalue weighted by Crippen LogP contribution is 2.34. The van der Waals surface area contributed by atoms with E-state index in [1.165, 1.54) is 41.1 Å². The number of hydrogen-bond donors (Lipinski definition) is 0. The normalized spacial score (nSPS) is 10.6. The first kappa shape index (κ1) is 15.8. The van der Waals surface area contributed by atoms with Crippen molar-refractivity contribution < 1.29 is 14.1 Å². The molecule has 120 valence electrons. The second kappa shape index (κ2) is 6.21. The predicted molar refractivity (Wildman–Crippen MR) is 86.0 cm³/mol. The Labute approximate surface area is 140 Å². The molecule has 0 unspecified atom stereocenters. The van der Waals surface area contributed by atoms with Gasteiger partial charge in [0.15, 0.2) is 6.29 Å². The van der Waals surface area contributed by atoms with Gasteiger partial charge in [-0.2, -0.15) is 5.10 Å². The first-order chi connectivity index (χ1) is 11.5. The van der Waals surface area contributed by atoms with Crippen molar-refractivity contribution in [3.8, 4) is 16.9 Å². The van der Waals surface area contributed by atoms with Crippen LogP contribution < -0.4 is 0 Å². The van der Waals surface area contributed by atoms with E-state index in [2.05, 4.69) is 5.10 Å². The van der Waals surface area contributed by atoms with Gasteiger partial charge in [0.25, 0.3) is 5.69 Å². The molecule has 24 heavy (non-hydrogen) atoms. The Morgan fingerprint density at radius 1 is 1.21 bits per heavy atom. The number of rotatable bonds is 4. The summed E-state index contributed by atoms with van der Waals surface area (Å²) in [5.74, 6) is -0.501. The van der Waals surface area contributed by atoms with Crippen LogP contribution in [0.15, 0.2) is 48.5 Å². The standard InChI is InChI=1S/C16H9ClFN3O3/c17-16-13(9-22)15(12-6-1-2-7-14(12)21(23)24)19-20(16)11-5-3-4-10(18)8-11/h1-9H. The zero-order chi connectivity index (χ0) is 17.3. The van der Waals surface area contributed by atoms with Crippen molar-refractivity contribution in [2.45, 2.75) is 0 Å². The molecule has 1 heterocycles. The molecule has 0 aliphatic rings. The summed E-state index contributed by atoms with van der Waals surface area (Å²) in [4.78, 5) is 22.1. The van der Waals surface area contributed by atoms with Crippen molar-refractivity contribution in [1.82, 2.24) is 9.78 Å². The van der Waals surface area contributed by atoms with E-state index in [1.54, 1.807) is 12.1 Å². The summed E-state index contributed by atoms with van der Waals surface area (Å²) < 4.78 is 14.6. The first-order valence-electron chi connectivity index (χ1n) is 6.76. The lowest BCUT2D eigenvalue weighted by molar-refractivity contribution is -0.384. The molecular weight excluding hydrogens is 337 g/mol. The minimum absolute atomic E-state index is 0.00442. The highest BCUT2D eigenvalue weighted by atomic mass is 35.5. The Morgan fingerprint density at radius 2 is 1.96 bits per heavy atom. The van der Waals surface area contributed by atoms with Crippen LogP contribution in [0.25, 0.3) is 16.9 Å². The molecular formula is C16H9ClFN3O3. The molecule has 0 aliphatic carbocycles. The maximum atomic E-state index is 13.4.